The predicted molar refractivity (Wildman–Crippen MR) is 70.5 cm³/mol. The van der Waals surface area contributed by atoms with Gasteiger partial charge in [0.2, 0.25) is 0 Å². The van der Waals surface area contributed by atoms with E-state index >= 15 is 0 Å². The fourth-order valence-corrected chi connectivity index (χ4v) is 2.24. The van der Waals surface area contributed by atoms with Crippen molar-refractivity contribution in [2.24, 2.45) is 0 Å². The summed E-state index contributed by atoms with van der Waals surface area (Å²) in [6.07, 6.45) is 3.26. The fraction of sp³-hybridized carbons (Fsp3) is 0.636. The van der Waals surface area contributed by atoms with E-state index in [-0.39, 0.29) is 6.10 Å². The molecule has 1 saturated heterocycles. The van der Waals surface area contributed by atoms with E-state index in [0.29, 0.717) is 5.82 Å². The summed E-state index contributed by atoms with van der Waals surface area (Å²) in [7, 11) is 0. The lowest BCUT2D eigenvalue weighted by atomic mass is 10.2. The van der Waals surface area contributed by atoms with Crippen LogP contribution in [0.2, 0.25) is 0 Å². The molecule has 2 heterocycles. The van der Waals surface area contributed by atoms with Crippen LogP contribution in [0.25, 0.3) is 0 Å². The molecular weight excluding hydrogens is 236 g/mol. The van der Waals surface area contributed by atoms with Crippen molar-refractivity contribution in [1.29, 1.82) is 0 Å². The van der Waals surface area contributed by atoms with Gasteiger partial charge in [-0.05, 0) is 12.7 Å². The van der Waals surface area contributed by atoms with Crippen molar-refractivity contribution < 1.29 is 4.74 Å². The average molecular weight is 254 g/mol. The second-order valence-electron chi connectivity index (χ2n) is 3.98. The van der Waals surface area contributed by atoms with Gasteiger partial charge in [0.15, 0.2) is 5.16 Å². The highest BCUT2D eigenvalue weighted by Crippen LogP contribution is 2.21. The zero-order valence-electron chi connectivity index (χ0n) is 10.2. The minimum Gasteiger partial charge on any atom is -0.383 e. The molecule has 1 aromatic rings. The van der Waals surface area contributed by atoms with Gasteiger partial charge in [0.25, 0.3) is 0 Å². The van der Waals surface area contributed by atoms with Crippen LogP contribution in [-0.2, 0) is 4.74 Å². The first-order valence-corrected chi connectivity index (χ1v) is 7.00. The van der Waals surface area contributed by atoms with Crippen molar-refractivity contribution in [2.75, 3.05) is 36.6 Å². The number of rotatable bonds is 3. The molecule has 2 N–H and O–H groups in total. The molecule has 0 bridgehead atoms. The van der Waals surface area contributed by atoms with Crippen molar-refractivity contribution in [2.45, 2.75) is 24.6 Å². The van der Waals surface area contributed by atoms with Crippen molar-refractivity contribution in [3.05, 3.63) is 6.07 Å². The predicted octanol–water partition coefficient (Wildman–Crippen LogP) is 1.40. The molecule has 1 fully saturated rings. The number of thioether (sulfide) groups is 1. The molecule has 94 valence electrons. The Bertz CT molecular complexity index is 388. The lowest BCUT2D eigenvalue weighted by Crippen LogP contribution is -2.42. The Balaban J connectivity index is 2.18. The molecule has 1 aliphatic heterocycles. The van der Waals surface area contributed by atoms with Gasteiger partial charge in [0.1, 0.15) is 11.6 Å². The molecule has 0 radical (unpaired) electrons. The van der Waals surface area contributed by atoms with Crippen LogP contribution in [0.3, 0.4) is 0 Å². The molecule has 0 spiro atoms. The molecule has 0 aliphatic carbocycles. The maximum Gasteiger partial charge on any atom is 0.191 e. The summed E-state index contributed by atoms with van der Waals surface area (Å²) >= 11 is 1.51. The Morgan fingerprint density at radius 3 is 3.12 bits per heavy atom. The molecule has 2 rings (SSSR count). The second-order valence-corrected chi connectivity index (χ2v) is 4.76. The summed E-state index contributed by atoms with van der Waals surface area (Å²) in [4.78, 5) is 10.9. The second kappa shape index (κ2) is 5.55. The number of hydrogen-bond acceptors (Lipinski definition) is 6. The van der Waals surface area contributed by atoms with E-state index in [9.17, 15) is 0 Å². The van der Waals surface area contributed by atoms with Gasteiger partial charge in [0, 0.05) is 19.2 Å². The van der Waals surface area contributed by atoms with Crippen LogP contribution in [0.4, 0.5) is 11.6 Å². The Hall–Kier alpha value is -1.01. The first kappa shape index (κ1) is 12.4. The van der Waals surface area contributed by atoms with Gasteiger partial charge in [0.05, 0.1) is 12.7 Å². The molecule has 6 heteroatoms. The Morgan fingerprint density at radius 2 is 2.41 bits per heavy atom. The lowest BCUT2D eigenvalue weighted by Gasteiger charge is -2.33. The zero-order chi connectivity index (χ0) is 12.3. The summed E-state index contributed by atoms with van der Waals surface area (Å²) in [5, 5.41) is 0.722. The maximum atomic E-state index is 5.79. The standard InChI is InChI=1S/C11H18N4OS/c1-3-8-7-15(4-5-16-8)10-6-9(12)13-11(14-10)17-2/h6,8H,3-5,7H2,1-2H3,(H2,12,13,14). The minimum atomic E-state index is 0.290. The largest absolute Gasteiger partial charge is 0.383 e. The number of hydrogen-bond donors (Lipinski definition) is 1. The zero-order valence-corrected chi connectivity index (χ0v) is 11.0. The third kappa shape index (κ3) is 3.01. The van der Waals surface area contributed by atoms with E-state index < -0.39 is 0 Å². The monoisotopic (exact) mass is 254 g/mol. The smallest absolute Gasteiger partial charge is 0.191 e. The number of aromatic nitrogens is 2. The fourth-order valence-electron chi connectivity index (χ4n) is 1.86. The van der Waals surface area contributed by atoms with Crippen LogP contribution < -0.4 is 10.6 Å². The Morgan fingerprint density at radius 1 is 1.59 bits per heavy atom. The number of nitrogen functional groups attached to an aromatic ring is 1. The highest BCUT2D eigenvalue weighted by atomic mass is 32.2. The van der Waals surface area contributed by atoms with Crippen LogP contribution in [0, 0.1) is 0 Å². The van der Waals surface area contributed by atoms with E-state index in [0.717, 1.165) is 37.1 Å². The van der Waals surface area contributed by atoms with E-state index in [4.69, 9.17) is 10.5 Å². The molecular formula is C11H18N4OS. The topological polar surface area (TPSA) is 64.3 Å². The number of anilines is 2. The normalized spacial score (nSPS) is 20.6. The van der Waals surface area contributed by atoms with Gasteiger partial charge in [-0.25, -0.2) is 9.97 Å². The number of nitrogens with zero attached hydrogens (tertiary/aromatic N) is 3. The van der Waals surface area contributed by atoms with E-state index in [1.54, 1.807) is 0 Å². The molecule has 1 unspecified atom stereocenters. The number of morpholine rings is 1. The minimum absolute atomic E-state index is 0.290. The molecule has 1 aliphatic rings. The van der Waals surface area contributed by atoms with Crippen LogP contribution in [0.1, 0.15) is 13.3 Å². The van der Waals surface area contributed by atoms with Crippen molar-refractivity contribution in [1.82, 2.24) is 9.97 Å². The van der Waals surface area contributed by atoms with Gasteiger partial charge in [-0.2, -0.15) is 0 Å². The highest BCUT2D eigenvalue weighted by Gasteiger charge is 2.20. The molecule has 0 amide bonds. The van der Waals surface area contributed by atoms with E-state index in [1.165, 1.54) is 11.8 Å². The SMILES string of the molecule is CCC1CN(c2cc(N)nc(SC)n2)CCO1. The van der Waals surface area contributed by atoms with Crippen LogP contribution in [0.15, 0.2) is 11.2 Å². The quantitative estimate of drug-likeness (QED) is 0.649. The molecule has 0 saturated carbocycles. The number of ether oxygens (including phenoxy) is 1. The Kier molecular flexibility index (Phi) is 4.06. The van der Waals surface area contributed by atoms with Gasteiger partial charge < -0.3 is 15.4 Å². The molecule has 0 aromatic carbocycles. The van der Waals surface area contributed by atoms with Crippen molar-refractivity contribution >= 4 is 23.4 Å². The maximum absolute atomic E-state index is 5.79. The van der Waals surface area contributed by atoms with Crippen LogP contribution in [-0.4, -0.2) is 42.0 Å². The van der Waals surface area contributed by atoms with Crippen molar-refractivity contribution in [3.63, 3.8) is 0 Å². The first-order chi connectivity index (χ1) is 8.22. The van der Waals surface area contributed by atoms with Gasteiger partial charge in [-0.15, -0.1) is 0 Å². The third-order valence-electron chi connectivity index (χ3n) is 2.81. The Labute approximate surface area is 106 Å². The summed E-state index contributed by atoms with van der Waals surface area (Å²) in [6.45, 7) is 4.62. The number of nitrogens with two attached hydrogens (primary N) is 1. The summed E-state index contributed by atoms with van der Waals surface area (Å²) in [5.74, 6) is 1.43. The molecule has 5 nitrogen and oxygen atoms in total. The molecule has 17 heavy (non-hydrogen) atoms. The van der Waals surface area contributed by atoms with E-state index in [2.05, 4.69) is 21.8 Å². The summed E-state index contributed by atoms with van der Waals surface area (Å²) in [5.41, 5.74) is 5.79. The summed E-state index contributed by atoms with van der Waals surface area (Å²) < 4.78 is 5.64. The summed E-state index contributed by atoms with van der Waals surface area (Å²) in [6, 6.07) is 1.83. The third-order valence-corrected chi connectivity index (χ3v) is 3.36. The van der Waals surface area contributed by atoms with Crippen molar-refractivity contribution in [3.8, 4) is 0 Å². The first-order valence-electron chi connectivity index (χ1n) is 5.78. The van der Waals surface area contributed by atoms with Gasteiger partial charge in [-0.3, -0.25) is 0 Å². The highest BCUT2D eigenvalue weighted by molar-refractivity contribution is 7.98. The van der Waals surface area contributed by atoms with Crippen LogP contribution >= 0.6 is 11.8 Å². The van der Waals surface area contributed by atoms with Gasteiger partial charge in [-0.1, -0.05) is 18.7 Å². The lowest BCUT2D eigenvalue weighted by molar-refractivity contribution is 0.0381. The molecule has 1 atom stereocenters. The molecule has 1 aromatic heterocycles. The average Bonchev–Trinajstić information content (AvgIpc) is 2.38. The van der Waals surface area contributed by atoms with E-state index in [1.807, 2.05) is 12.3 Å². The van der Waals surface area contributed by atoms with Crippen LogP contribution in [0.5, 0.6) is 0 Å². The van der Waals surface area contributed by atoms with Gasteiger partial charge >= 0.3 is 0 Å².